The van der Waals surface area contributed by atoms with E-state index in [0.717, 1.165) is 24.6 Å². The number of rotatable bonds is 5. The molecule has 3 nitrogen and oxygen atoms in total. The summed E-state index contributed by atoms with van der Waals surface area (Å²) in [6, 6.07) is 2.95. The Hall–Kier alpha value is -1.01. The predicted molar refractivity (Wildman–Crippen MR) is 56.5 cm³/mol. The van der Waals surface area contributed by atoms with E-state index in [2.05, 4.69) is 4.72 Å². The lowest BCUT2D eigenvalue weighted by molar-refractivity contribution is 0.513. The molecular weight excluding hydrogens is 236 g/mol. The topological polar surface area (TPSA) is 46.2 Å². The zero-order chi connectivity index (χ0) is 12.2. The van der Waals surface area contributed by atoms with Crippen LogP contribution in [0.15, 0.2) is 23.1 Å². The molecule has 0 unspecified atom stereocenters. The van der Waals surface area contributed by atoms with Gasteiger partial charge >= 0.3 is 0 Å². The van der Waals surface area contributed by atoms with Crippen molar-refractivity contribution in [2.75, 3.05) is 6.54 Å². The molecule has 0 atom stereocenters. The largest absolute Gasteiger partial charge is 0.246 e. The van der Waals surface area contributed by atoms with Crippen LogP contribution in [0.1, 0.15) is 19.8 Å². The summed E-state index contributed by atoms with van der Waals surface area (Å²) in [4.78, 5) is -0.911. The summed E-state index contributed by atoms with van der Waals surface area (Å²) in [5.74, 6) is -2.16. The minimum Gasteiger partial charge on any atom is -0.211 e. The lowest BCUT2D eigenvalue weighted by Crippen LogP contribution is -2.26. The highest BCUT2D eigenvalue weighted by atomic mass is 32.2. The summed E-state index contributed by atoms with van der Waals surface area (Å²) >= 11 is 0. The van der Waals surface area contributed by atoms with Crippen molar-refractivity contribution in [3.63, 3.8) is 0 Å². The van der Waals surface area contributed by atoms with Crippen LogP contribution in [0.25, 0.3) is 0 Å². The Morgan fingerprint density at radius 2 is 1.81 bits per heavy atom. The van der Waals surface area contributed by atoms with Gasteiger partial charge in [-0.1, -0.05) is 19.4 Å². The van der Waals surface area contributed by atoms with Crippen LogP contribution in [0.3, 0.4) is 0 Å². The molecule has 0 spiro atoms. The van der Waals surface area contributed by atoms with Gasteiger partial charge in [-0.3, -0.25) is 0 Å². The van der Waals surface area contributed by atoms with E-state index < -0.39 is 26.6 Å². The van der Waals surface area contributed by atoms with Gasteiger partial charge in [0.05, 0.1) is 0 Å². The van der Waals surface area contributed by atoms with Crippen molar-refractivity contribution in [3.8, 4) is 0 Å². The van der Waals surface area contributed by atoms with E-state index in [9.17, 15) is 17.2 Å². The molecule has 1 N–H and O–H groups in total. The molecule has 1 aromatic carbocycles. The molecule has 0 saturated carbocycles. The fraction of sp³-hybridized carbons (Fsp3) is 0.400. The van der Waals surface area contributed by atoms with Crippen LogP contribution < -0.4 is 4.72 Å². The fourth-order valence-corrected chi connectivity index (χ4v) is 2.40. The maximum Gasteiger partial charge on any atom is 0.246 e. The van der Waals surface area contributed by atoms with Gasteiger partial charge in [0.2, 0.25) is 10.0 Å². The van der Waals surface area contributed by atoms with Crippen LogP contribution in [0.4, 0.5) is 8.78 Å². The number of benzene rings is 1. The smallest absolute Gasteiger partial charge is 0.211 e. The van der Waals surface area contributed by atoms with Gasteiger partial charge in [0.15, 0.2) is 4.90 Å². The van der Waals surface area contributed by atoms with Gasteiger partial charge < -0.3 is 0 Å². The Labute approximate surface area is 93.5 Å². The molecule has 0 aliphatic carbocycles. The molecule has 1 rings (SSSR count). The molecule has 0 amide bonds. The van der Waals surface area contributed by atoms with Crippen molar-refractivity contribution in [3.05, 3.63) is 29.8 Å². The molecule has 0 heterocycles. The van der Waals surface area contributed by atoms with Gasteiger partial charge in [0, 0.05) is 6.54 Å². The van der Waals surface area contributed by atoms with Crippen molar-refractivity contribution < 1.29 is 17.2 Å². The molecule has 0 fully saturated rings. The standard InChI is InChI=1S/C10H13F2NO2S/c1-2-3-7-13-16(14,15)10-8(11)5-4-6-9(10)12/h4-6,13H,2-3,7H2,1H3. The van der Waals surface area contributed by atoms with Crippen molar-refractivity contribution in [2.45, 2.75) is 24.7 Å². The zero-order valence-electron chi connectivity index (χ0n) is 8.83. The molecular formula is C10H13F2NO2S. The van der Waals surface area contributed by atoms with E-state index in [4.69, 9.17) is 0 Å². The fourth-order valence-electron chi connectivity index (χ4n) is 1.19. The van der Waals surface area contributed by atoms with Gasteiger partial charge in [-0.25, -0.2) is 21.9 Å². The van der Waals surface area contributed by atoms with Crippen LogP contribution in [0.2, 0.25) is 0 Å². The third kappa shape index (κ3) is 2.99. The maximum atomic E-state index is 13.2. The lowest BCUT2D eigenvalue weighted by Gasteiger charge is -2.07. The maximum absolute atomic E-state index is 13.2. The first-order valence-electron chi connectivity index (χ1n) is 4.92. The summed E-state index contributed by atoms with van der Waals surface area (Å²) in [7, 11) is -4.09. The molecule has 1 aromatic rings. The Morgan fingerprint density at radius 3 is 2.31 bits per heavy atom. The molecule has 0 aliphatic heterocycles. The predicted octanol–water partition coefficient (Wildman–Crippen LogP) is 2.04. The Morgan fingerprint density at radius 1 is 1.25 bits per heavy atom. The van der Waals surface area contributed by atoms with E-state index in [0.29, 0.717) is 6.42 Å². The van der Waals surface area contributed by atoms with Crippen LogP contribution in [-0.4, -0.2) is 15.0 Å². The Bertz CT molecular complexity index is 440. The van der Waals surface area contributed by atoms with E-state index in [1.54, 1.807) is 0 Å². The quantitative estimate of drug-likeness (QED) is 0.812. The van der Waals surface area contributed by atoms with Crippen LogP contribution in [-0.2, 0) is 10.0 Å². The normalized spacial score (nSPS) is 11.7. The molecule has 0 radical (unpaired) electrons. The molecule has 0 aliphatic rings. The Kier molecular flexibility index (Phi) is 4.37. The van der Waals surface area contributed by atoms with Gasteiger partial charge in [0.1, 0.15) is 11.6 Å². The third-order valence-corrected chi connectivity index (χ3v) is 3.52. The van der Waals surface area contributed by atoms with Crippen molar-refractivity contribution in [1.82, 2.24) is 4.72 Å². The lowest BCUT2D eigenvalue weighted by atomic mass is 10.3. The summed E-state index contributed by atoms with van der Waals surface area (Å²) in [5.41, 5.74) is 0. The average molecular weight is 249 g/mol. The highest BCUT2D eigenvalue weighted by molar-refractivity contribution is 7.89. The number of halogens is 2. The summed E-state index contributed by atoms with van der Waals surface area (Å²) in [6.45, 7) is 2.06. The molecule has 16 heavy (non-hydrogen) atoms. The third-order valence-electron chi connectivity index (χ3n) is 2.01. The second-order valence-electron chi connectivity index (χ2n) is 3.30. The molecule has 0 aromatic heterocycles. The first-order valence-corrected chi connectivity index (χ1v) is 6.41. The van der Waals surface area contributed by atoms with Crippen molar-refractivity contribution >= 4 is 10.0 Å². The van der Waals surface area contributed by atoms with Crippen molar-refractivity contribution in [2.24, 2.45) is 0 Å². The second-order valence-corrected chi connectivity index (χ2v) is 5.01. The number of unbranched alkanes of at least 4 members (excludes halogenated alkanes) is 1. The second kappa shape index (κ2) is 5.36. The van der Waals surface area contributed by atoms with E-state index >= 15 is 0 Å². The number of hydrogen-bond donors (Lipinski definition) is 1. The molecule has 6 heteroatoms. The van der Waals surface area contributed by atoms with Gasteiger partial charge in [-0.15, -0.1) is 0 Å². The van der Waals surface area contributed by atoms with E-state index in [1.807, 2.05) is 6.92 Å². The molecule has 90 valence electrons. The van der Waals surface area contributed by atoms with Crippen LogP contribution >= 0.6 is 0 Å². The van der Waals surface area contributed by atoms with Gasteiger partial charge in [-0.05, 0) is 18.6 Å². The van der Waals surface area contributed by atoms with Gasteiger partial charge in [-0.2, -0.15) is 0 Å². The Balaban J connectivity index is 2.98. The highest BCUT2D eigenvalue weighted by Gasteiger charge is 2.22. The number of nitrogens with one attached hydrogen (secondary N) is 1. The number of hydrogen-bond acceptors (Lipinski definition) is 2. The van der Waals surface area contributed by atoms with Crippen molar-refractivity contribution in [1.29, 1.82) is 0 Å². The summed E-state index contributed by atoms with van der Waals surface area (Å²) in [6.07, 6.45) is 1.41. The highest BCUT2D eigenvalue weighted by Crippen LogP contribution is 2.17. The van der Waals surface area contributed by atoms with Crippen LogP contribution in [0.5, 0.6) is 0 Å². The first kappa shape index (κ1) is 13.1. The zero-order valence-corrected chi connectivity index (χ0v) is 9.65. The monoisotopic (exact) mass is 249 g/mol. The van der Waals surface area contributed by atoms with Crippen LogP contribution in [0, 0.1) is 11.6 Å². The summed E-state index contributed by atoms with van der Waals surface area (Å²) in [5, 5.41) is 0. The minimum absolute atomic E-state index is 0.173. The van der Waals surface area contributed by atoms with E-state index in [-0.39, 0.29) is 6.54 Å². The number of sulfonamides is 1. The van der Waals surface area contributed by atoms with Gasteiger partial charge in [0.25, 0.3) is 0 Å². The average Bonchev–Trinajstić information content (AvgIpc) is 2.17. The SMILES string of the molecule is CCCCNS(=O)(=O)c1c(F)cccc1F. The molecule has 0 saturated heterocycles. The van der Waals surface area contributed by atoms with E-state index in [1.165, 1.54) is 0 Å². The first-order chi connectivity index (χ1) is 7.49. The molecule has 0 bridgehead atoms. The minimum atomic E-state index is -4.09. The summed E-state index contributed by atoms with van der Waals surface area (Å²) < 4.78 is 51.7.